The smallest absolute Gasteiger partial charge is 0.243 e. The van der Waals surface area contributed by atoms with Crippen LogP contribution in [0.2, 0.25) is 0 Å². The number of para-hydroxylation sites is 2. The third-order valence-electron chi connectivity index (χ3n) is 7.53. The van der Waals surface area contributed by atoms with Gasteiger partial charge in [0, 0.05) is 25.6 Å². The lowest BCUT2D eigenvalue weighted by Crippen LogP contribution is -2.51. The maximum atomic E-state index is 13.7. The van der Waals surface area contributed by atoms with Crippen molar-refractivity contribution < 1.29 is 22.7 Å². The molecule has 0 aromatic heterocycles. The first-order valence-electron chi connectivity index (χ1n) is 14.5. The Morgan fingerprint density at radius 2 is 1.70 bits per heavy atom. The van der Waals surface area contributed by atoms with E-state index in [9.17, 15) is 18.0 Å². The van der Waals surface area contributed by atoms with Gasteiger partial charge in [-0.3, -0.25) is 13.9 Å². The number of amides is 2. The van der Waals surface area contributed by atoms with Crippen molar-refractivity contribution in [2.24, 2.45) is 0 Å². The molecular weight excluding hydrogens is 526 g/mol. The van der Waals surface area contributed by atoms with E-state index in [4.69, 9.17) is 4.74 Å². The van der Waals surface area contributed by atoms with Crippen molar-refractivity contribution in [3.63, 3.8) is 0 Å². The molecule has 8 nitrogen and oxygen atoms in total. The molecule has 0 bridgehead atoms. The number of ether oxygens (including phenoxy) is 1. The average Bonchev–Trinajstić information content (AvgIpc) is 2.92. The summed E-state index contributed by atoms with van der Waals surface area (Å²) in [6, 6.07) is 14.4. The number of nitrogens with one attached hydrogen (secondary N) is 1. The zero-order valence-electron chi connectivity index (χ0n) is 24.4. The lowest BCUT2D eigenvalue weighted by atomic mass is 9.95. The minimum Gasteiger partial charge on any atom is -0.492 e. The summed E-state index contributed by atoms with van der Waals surface area (Å²) < 4.78 is 32.4. The van der Waals surface area contributed by atoms with Gasteiger partial charge in [-0.15, -0.1) is 0 Å². The summed E-state index contributed by atoms with van der Waals surface area (Å²) in [5.74, 6) is 0.202. The highest BCUT2D eigenvalue weighted by Gasteiger charge is 2.31. The van der Waals surface area contributed by atoms with Gasteiger partial charge in [-0.1, -0.05) is 62.6 Å². The van der Waals surface area contributed by atoms with Crippen LogP contribution >= 0.6 is 0 Å². The summed E-state index contributed by atoms with van der Waals surface area (Å²) in [5.41, 5.74) is 2.50. The molecule has 0 aliphatic heterocycles. The van der Waals surface area contributed by atoms with Crippen LogP contribution in [0.3, 0.4) is 0 Å². The Labute approximate surface area is 240 Å². The average molecular weight is 572 g/mol. The maximum Gasteiger partial charge on any atom is 0.243 e. The lowest BCUT2D eigenvalue weighted by Gasteiger charge is -2.33. The van der Waals surface area contributed by atoms with Gasteiger partial charge in [0.25, 0.3) is 0 Å². The predicted molar refractivity (Wildman–Crippen MR) is 160 cm³/mol. The van der Waals surface area contributed by atoms with Crippen LogP contribution in [0, 0.1) is 6.92 Å². The molecule has 2 aromatic carbocycles. The Morgan fingerprint density at radius 3 is 2.35 bits per heavy atom. The number of hydrogen-bond donors (Lipinski definition) is 1. The topological polar surface area (TPSA) is 96.0 Å². The molecule has 1 atom stereocenters. The van der Waals surface area contributed by atoms with E-state index in [1.165, 1.54) is 10.7 Å². The molecule has 1 fully saturated rings. The number of benzene rings is 2. The van der Waals surface area contributed by atoms with Crippen molar-refractivity contribution in [2.75, 3.05) is 23.7 Å². The number of nitrogens with zero attached hydrogens (tertiary/aromatic N) is 2. The Bertz CT molecular complexity index is 1230. The van der Waals surface area contributed by atoms with Crippen molar-refractivity contribution >= 4 is 27.5 Å². The first kappa shape index (κ1) is 31.5. The standard InChI is InChI=1S/C31H45N3O5S/c1-5-27(31(36)32-26-17-8-7-9-18-26)33(23-25-16-11-10-15-24(25)3)30(35)21-14-22-34(40(4,37)38)28-19-12-13-20-29(28)39-6-2/h10-13,15-16,19-20,26-27H,5-9,14,17-18,21-23H2,1-4H3,(H,32,36)/t27-/m0/s1. The van der Waals surface area contributed by atoms with Gasteiger partial charge in [0.2, 0.25) is 21.8 Å². The summed E-state index contributed by atoms with van der Waals surface area (Å²) in [4.78, 5) is 28.9. The Morgan fingerprint density at radius 1 is 1.02 bits per heavy atom. The molecule has 1 aliphatic rings. The number of carbonyl (C=O) groups excluding carboxylic acids is 2. The fraction of sp³-hybridized carbons (Fsp3) is 0.548. The first-order valence-corrected chi connectivity index (χ1v) is 16.3. The highest BCUT2D eigenvalue weighted by Crippen LogP contribution is 2.30. The van der Waals surface area contributed by atoms with Crippen molar-refractivity contribution in [3.8, 4) is 5.75 Å². The zero-order chi connectivity index (χ0) is 29.1. The highest BCUT2D eigenvalue weighted by atomic mass is 32.2. The third-order valence-corrected chi connectivity index (χ3v) is 8.71. The van der Waals surface area contributed by atoms with Crippen molar-refractivity contribution in [1.82, 2.24) is 10.2 Å². The molecule has 0 spiro atoms. The SMILES string of the molecule is CCOc1ccccc1N(CCCC(=O)N(Cc1ccccc1C)[C@@H](CC)C(=O)NC1CCCCC1)S(C)(=O)=O. The van der Waals surface area contributed by atoms with Gasteiger partial charge < -0.3 is 15.0 Å². The minimum atomic E-state index is -3.62. The highest BCUT2D eigenvalue weighted by molar-refractivity contribution is 7.92. The molecule has 2 aromatic rings. The molecule has 220 valence electrons. The van der Waals surface area contributed by atoms with Crippen LogP contribution < -0.4 is 14.4 Å². The molecular formula is C31H45N3O5S. The van der Waals surface area contributed by atoms with Gasteiger partial charge in [0.15, 0.2) is 0 Å². The fourth-order valence-corrected chi connectivity index (χ4v) is 6.33. The van der Waals surface area contributed by atoms with E-state index < -0.39 is 16.1 Å². The van der Waals surface area contributed by atoms with E-state index in [0.717, 1.165) is 43.1 Å². The van der Waals surface area contributed by atoms with Gasteiger partial charge in [-0.05, 0) is 62.8 Å². The number of anilines is 1. The van der Waals surface area contributed by atoms with Gasteiger partial charge in [0.1, 0.15) is 11.8 Å². The molecule has 1 aliphatic carbocycles. The minimum absolute atomic E-state index is 0.111. The number of aryl methyl sites for hydroxylation is 1. The van der Waals surface area contributed by atoms with Gasteiger partial charge in [-0.25, -0.2) is 8.42 Å². The van der Waals surface area contributed by atoms with Gasteiger partial charge in [-0.2, -0.15) is 0 Å². The Balaban J connectivity index is 1.78. The maximum absolute atomic E-state index is 13.7. The second-order valence-corrected chi connectivity index (χ2v) is 12.5. The van der Waals surface area contributed by atoms with E-state index >= 15 is 0 Å². The van der Waals surface area contributed by atoms with Crippen LogP contribution in [-0.4, -0.2) is 56.6 Å². The summed E-state index contributed by atoms with van der Waals surface area (Å²) >= 11 is 0. The molecule has 0 saturated heterocycles. The Kier molecular flexibility index (Phi) is 11.9. The van der Waals surface area contributed by atoms with E-state index in [0.29, 0.717) is 37.4 Å². The number of rotatable bonds is 14. The van der Waals surface area contributed by atoms with Crippen molar-refractivity contribution in [2.45, 2.75) is 90.8 Å². The molecule has 0 unspecified atom stereocenters. The largest absolute Gasteiger partial charge is 0.492 e. The van der Waals surface area contributed by atoms with E-state index in [1.54, 1.807) is 29.2 Å². The monoisotopic (exact) mass is 571 g/mol. The molecule has 9 heteroatoms. The molecule has 40 heavy (non-hydrogen) atoms. The fourth-order valence-electron chi connectivity index (χ4n) is 5.36. The summed E-state index contributed by atoms with van der Waals surface area (Å²) in [6.45, 7) is 6.63. The number of sulfonamides is 1. The van der Waals surface area contributed by atoms with Crippen LogP contribution in [0.5, 0.6) is 5.75 Å². The lowest BCUT2D eigenvalue weighted by molar-refractivity contribution is -0.141. The van der Waals surface area contributed by atoms with Gasteiger partial charge >= 0.3 is 0 Å². The number of carbonyl (C=O) groups is 2. The van der Waals surface area contributed by atoms with E-state index in [-0.39, 0.29) is 30.8 Å². The summed E-state index contributed by atoms with van der Waals surface area (Å²) in [6.07, 6.45) is 7.42. The first-order chi connectivity index (χ1) is 19.2. The quantitative estimate of drug-likeness (QED) is 0.336. The van der Waals surface area contributed by atoms with Crippen molar-refractivity contribution in [1.29, 1.82) is 0 Å². The third kappa shape index (κ3) is 8.71. The van der Waals surface area contributed by atoms with E-state index in [2.05, 4.69) is 5.32 Å². The van der Waals surface area contributed by atoms with Crippen LogP contribution in [0.1, 0.15) is 76.3 Å². The summed E-state index contributed by atoms with van der Waals surface area (Å²) in [7, 11) is -3.62. The Hall–Kier alpha value is -3.07. The molecule has 1 saturated carbocycles. The van der Waals surface area contributed by atoms with Crippen LogP contribution in [0.25, 0.3) is 0 Å². The normalized spacial score (nSPS) is 14.8. The second kappa shape index (κ2) is 15.1. The van der Waals surface area contributed by atoms with Gasteiger partial charge in [0.05, 0.1) is 18.6 Å². The molecule has 0 radical (unpaired) electrons. The van der Waals surface area contributed by atoms with Crippen molar-refractivity contribution in [3.05, 3.63) is 59.7 Å². The second-order valence-electron chi connectivity index (χ2n) is 10.6. The van der Waals surface area contributed by atoms with Crippen LogP contribution in [0.15, 0.2) is 48.5 Å². The molecule has 3 rings (SSSR count). The van der Waals surface area contributed by atoms with Crippen LogP contribution in [-0.2, 0) is 26.2 Å². The molecule has 2 amide bonds. The molecule has 0 heterocycles. The summed E-state index contributed by atoms with van der Waals surface area (Å²) in [5, 5.41) is 3.21. The zero-order valence-corrected chi connectivity index (χ0v) is 25.2. The molecule has 1 N–H and O–H groups in total. The predicted octanol–water partition coefficient (Wildman–Crippen LogP) is 5.20. The van der Waals surface area contributed by atoms with Crippen LogP contribution in [0.4, 0.5) is 5.69 Å². The van der Waals surface area contributed by atoms with E-state index in [1.807, 2.05) is 45.0 Å². The number of hydrogen-bond acceptors (Lipinski definition) is 5.